The van der Waals surface area contributed by atoms with E-state index in [2.05, 4.69) is 15.2 Å². The van der Waals surface area contributed by atoms with Crippen LogP contribution in [-0.4, -0.2) is 61.8 Å². The van der Waals surface area contributed by atoms with E-state index in [4.69, 9.17) is 9.72 Å². The summed E-state index contributed by atoms with van der Waals surface area (Å²) in [5.41, 5.74) is 1.09. The van der Waals surface area contributed by atoms with Crippen molar-refractivity contribution >= 4 is 17.7 Å². The fourth-order valence-corrected chi connectivity index (χ4v) is 4.75. The Balaban J connectivity index is 1.46. The number of ether oxygens (including phenoxy) is 1. The van der Waals surface area contributed by atoms with E-state index in [1.807, 2.05) is 32.1 Å². The van der Waals surface area contributed by atoms with Crippen LogP contribution in [0.1, 0.15) is 38.2 Å². The predicted octanol–water partition coefficient (Wildman–Crippen LogP) is 2.00. The van der Waals surface area contributed by atoms with Crippen LogP contribution in [0.3, 0.4) is 0 Å². The number of carbonyl (C=O) groups is 1. The van der Waals surface area contributed by atoms with E-state index < -0.39 is 0 Å². The van der Waals surface area contributed by atoms with Crippen molar-refractivity contribution in [2.24, 2.45) is 17.8 Å². The molecule has 1 N–H and O–H groups in total. The van der Waals surface area contributed by atoms with E-state index in [9.17, 15) is 4.79 Å². The number of aryl methyl sites for hydroxylation is 1. The zero-order valence-electron chi connectivity index (χ0n) is 17.5. The monoisotopic (exact) mass is 387 g/mol. The van der Waals surface area contributed by atoms with Crippen LogP contribution in [0.15, 0.2) is 6.20 Å². The predicted molar refractivity (Wildman–Crippen MR) is 110 cm³/mol. The van der Waals surface area contributed by atoms with Gasteiger partial charge in [-0.15, -0.1) is 0 Å². The Morgan fingerprint density at radius 2 is 2.00 bits per heavy atom. The smallest absolute Gasteiger partial charge is 0.227 e. The molecule has 1 saturated heterocycles. The summed E-state index contributed by atoms with van der Waals surface area (Å²) in [4.78, 5) is 25.5. The Bertz CT molecular complexity index is 721. The third kappa shape index (κ3) is 4.24. The van der Waals surface area contributed by atoms with E-state index in [0.29, 0.717) is 11.8 Å². The van der Waals surface area contributed by atoms with Crippen molar-refractivity contribution in [3.05, 3.63) is 11.8 Å². The number of nitrogens with zero attached hydrogens (tertiary/aromatic N) is 4. The largest absolute Gasteiger partial charge is 0.376 e. The molecule has 2 saturated carbocycles. The van der Waals surface area contributed by atoms with E-state index in [1.165, 1.54) is 12.8 Å². The van der Waals surface area contributed by atoms with Crippen molar-refractivity contribution in [1.82, 2.24) is 15.3 Å². The zero-order valence-corrected chi connectivity index (χ0v) is 17.5. The molecule has 0 aromatic carbocycles. The van der Waals surface area contributed by atoms with Crippen molar-refractivity contribution in [2.75, 3.05) is 43.6 Å². The quantitative estimate of drug-likeness (QED) is 0.805. The number of hydrogen-bond donors (Lipinski definition) is 1. The lowest BCUT2D eigenvalue weighted by atomic mass is 9.77. The molecule has 154 valence electrons. The van der Waals surface area contributed by atoms with E-state index >= 15 is 0 Å². The maximum Gasteiger partial charge on any atom is 0.227 e. The first-order valence-electron chi connectivity index (χ1n) is 10.5. The Kier molecular flexibility index (Phi) is 5.45. The lowest BCUT2D eigenvalue weighted by Crippen LogP contribution is -2.50. The van der Waals surface area contributed by atoms with Crippen molar-refractivity contribution in [2.45, 2.75) is 51.7 Å². The van der Waals surface area contributed by atoms with Crippen molar-refractivity contribution in [3.8, 4) is 0 Å². The van der Waals surface area contributed by atoms with Crippen LogP contribution in [0.4, 0.5) is 11.8 Å². The molecule has 28 heavy (non-hydrogen) atoms. The normalized spacial score (nSPS) is 29.5. The number of anilines is 2. The molecule has 1 amide bonds. The molecule has 7 heteroatoms. The van der Waals surface area contributed by atoms with Gasteiger partial charge in [0.25, 0.3) is 0 Å². The molecule has 7 nitrogen and oxygen atoms in total. The summed E-state index contributed by atoms with van der Waals surface area (Å²) in [5, 5.41) is 3.15. The third-order valence-corrected chi connectivity index (χ3v) is 6.39. The van der Waals surface area contributed by atoms with Gasteiger partial charge in [0.1, 0.15) is 5.82 Å². The van der Waals surface area contributed by atoms with Crippen LogP contribution in [0.25, 0.3) is 0 Å². The first-order valence-corrected chi connectivity index (χ1v) is 10.5. The minimum absolute atomic E-state index is 0.0378. The molecule has 0 spiro atoms. The molecule has 4 rings (SSSR count). The van der Waals surface area contributed by atoms with E-state index in [0.717, 1.165) is 55.8 Å². The highest BCUT2D eigenvalue weighted by Crippen LogP contribution is 2.40. The molecule has 2 heterocycles. The number of fused-ring (bicyclic) bond motifs is 1. The molecule has 0 unspecified atom stereocenters. The van der Waals surface area contributed by atoms with Crippen LogP contribution in [0, 0.1) is 24.7 Å². The second-order valence-corrected chi connectivity index (χ2v) is 9.09. The Morgan fingerprint density at radius 3 is 2.64 bits per heavy atom. The zero-order chi connectivity index (χ0) is 19.8. The molecule has 0 bridgehead atoms. The topological polar surface area (TPSA) is 70.6 Å². The molecular formula is C21H33N5O2. The van der Waals surface area contributed by atoms with Gasteiger partial charge in [0.05, 0.1) is 12.1 Å². The molecule has 1 aromatic heterocycles. The summed E-state index contributed by atoms with van der Waals surface area (Å²) >= 11 is 0. The van der Waals surface area contributed by atoms with Gasteiger partial charge in [-0.05, 0) is 50.4 Å². The van der Waals surface area contributed by atoms with Gasteiger partial charge in [-0.2, -0.15) is 4.98 Å². The third-order valence-electron chi connectivity index (χ3n) is 6.39. The lowest BCUT2D eigenvalue weighted by Gasteiger charge is -2.38. The lowest BCUT2D eigenvalue weighted by molar-refractivity contribution is -0.122. The Morgan fingerprint density at radius 1 is 1.29 bits per heavy atom. The molecule has 0 radical (unpaired) electrons. The first kappa shape index (κ1) is 19.4. The van der Waals surface area contributed by atoms with Gasteiger partial charge in [-0.3, -0.25) is 4.79 Å². The van der Waals surface area contributed by atoms with Crippen molar-refractivity contribution in [1.29, 1.82) is 0 Å². The van der Waals surface area contributed by atoms with Crippen LogP contribution < -0.4 is 15.1 Å². The standard InChI is InChI=1S/C21H33N5O2/c1-13-9-22-21(24-20(13)25(3)4)26-10-16-7-18(23-14(2)27)19(8-17(16)11-26)28-12-15-5-6-15/h9,15-19H,5-8,10-12H2,1-4H3,(H,23,27)/t16-,17+,18-,19-/m1/s1. The van der Waals surface area contributed by atoms with Crippen LogP contribution >= 0.6 is 0 Å². The van der Waals surface area contributed by atoms with Crippen molar-refractivity contribution in [3.63, 3.8) is 0 Å². The minimum atomic E-state index is 0.0378. The molecular weight excluding hydrogens is 354 g/mol. The highest BCUT2D eigenvalue weighted by atomic mass is 16.5. The highest BCUT2D eigenvalue weighted by molar-refractivity contribution is 5.73. The van der Waals surface area contributed by atoms with Crippen LogP contribution in [-0.2, 0) is 9.53 Å². The highest BCUT2D eigenvalue weighted by Gasteiger charge is 2.44. The van der Waals surface area contributed by atoms with Gasteiger partial charge in [0.2, 0.25) is 11.9 Å². The van der Waals surface area contributed by atoms with Crippen LogP contribution in [0.2, 0.25) is 0 Å². The molecule has 2 aliphatic carbocycles. The molecule has 3 fully saturated rings. The molecule has 1 aliphatic heterocycles. The molecule has 3 aliphatic rings. The van der Waals surface area contributed by atoms with Crippen LogP contribution in [0.5, 0.6) is 0 Å². The molecule has 1 aromatic rings. The summed E-state index contributed by atoms with van der Waals surface area (Å²) in [6, 6.07) is 0.119. The van der Waals surface area contributed by atoms with Gasteiger partial charge in [0, 0.05) is 52.5 Å². The van der Waals surface area contributed by atoms with Gasteiger partial charge in [-0.25, -0.2) is 4.98 Å². The summed E-state index contributed by atoms with van der Waals surface area (Å²) in [5.74, 6) is 3.68. The fraction of sp³-hybridized carbons (Fsp3) is 0.762. The Labute approximate surface area is 167 Å². The average Bonchev–Trinajstić information content (AvgIpc) is 3.37. The van der Waals surface area contributed by atoms with Crippen molar-refractivity contribution < 1.29 is 9.53 Å². The fourth-order valence-electron chi connectivity index (χ4n) is 4.75. The maximum atomic E-state index is 11.7. The number of rotatable bonds is 6. The summed E-state index contributed by atoms with van der Waals surface area (Å²) in [6.45, 7) is 6.41. The SMILES string of the molecule is CC(=O)N[C@@H]1C[C@@H]2CN(c3ncc(C)c(N(C)C)n3)C[C@@H]2C[C@H]1OCC1CC1. The van der Waals surface area contributed by atoms with Gasteiger partial charge < -0.3 is 19.9 Å². The number of aromatic nitrogens is 2. The number of amides is 1. The number of hydrogen-bond acceptors (Lipinski definition) is 6. The minimum Gasteiger partial charge on any atom is -0.376 e. The van der Waals surface area contributed by atoms with Gasteiger partial charge in [0.15, 0.2) is 0 Å². The second-order valence-electron chi connectivity index (χ2n) is 9.09. The molecule has 4 atom stereocenters. The second kappa shape index (κ2) is 7.85. The van der Waals surface area contributed by atoms with Gasteiger partial charge >= 0.3 is 0 Å². The summed E-state index contributed by atoms with van der Waals surface area (Å²) < 4.78 is 6.26. The number of carbonyl (C=O) groups excluding carboxylic acids is 1. The summed E-state index contributed by atoms with van der Waals surface area (Å²) in [7, 11) is 4.03. The Hall–Kier alpha value is -1.89. The first-order chi connectivity index (χ1) is 13.4. The summed E-state index contributed by atoms with van der Waals surface area (Å²) in [6.07, 6.45) is 6.60. The number of nitrogens with one attached hydrogen (secondary N) is 1. The van der Waals surface area contributed by atoms with E-state index in [1.54, 1.807) is 6.92 Å². The van der Waals surface area contributed by atoms with E-state index in [-0.39, 0.29) is 18.1 Å². The average molecular weight is 388 g/mol. The maximum absolute atomic E-state index is 11.7. The van der Waals surface area contributed by atoms with Gasteiger partial charge in [-0.1, -0.05) is 0 Å².